The van der Waals surface area contributed by atoms with Gasteiger partial charge in [-0.3, -0.25) is 0 Å². The Morgan fingerprint density at radius 1 is 1.18 bits per heavy atom. The first-order valence-corrected chi connectivity index (χ1v) is 5.78. The molecule has 1 N–H and O–H groups in total. The van der Waals surface area contributed by atoms with Gasteiger partial charge < -0.3 is 9.67 Å². The number of aliphatic hydroxyl groups excluding tert-OH is 1. The van der Waals surface area contributed by atoms with E-state index >= 15 is 0 Å². The lowest BCUT2D eigenvalue weighted by atomic mass is 10.0. The summed E-state index contributed by atoms with van der Waals surface area (Å²) < 4.78 is 1.95. The van der Waals surface area contributed by atoms with Gasteiger partial charge in [-0.1, -0.05) is 18.2 Å². The van der Waals surface area contributed by atoms with Gasteiger partial charge in [0.15, 0.2) is 11.6 Å². The van der Waals surface area contributed by atoms with Gasteiger partial charge in [0.2, 0.25) is 0 Å². The van der Waals surface area contributed by atoms with E-state index in [0.717, 1.165) is 17.9 Å². The summed E-state index contributed by atoms with van der Waals surface area (Å²) in [4.78, 5) is 0. The number of rotatable bonds is 3. The van der Waals surface area contributed by atoms with E-state index in [0.29, 0.717) is 5.82 Å². The molecule has 0 spiro atoms. The van der Waals surface area contributed by atoms with Crippen LogP contribution in [0.5, 0.6) is 0 Å². The molecule has 1 aromatic carbocycles. The summed E-state index contributed by atoms with van der Waals surface area (Å²) in [7, 11) is 0. The van der Waals surface area contributed by atoms with Gasteiger partial charge in [-0.05, 0) is 31.9 Å². The number of nitrogens with zero attached hydrogens (tertiary/aromatic N) is 3. The Labute approximate surface area is 101 Å². The molecule has 2 aromatic rings. The minimum atomic E-state index is -0.0776. The third kappa shape index (κ3) is 1.96. The van der Waals surface area contributed by atoms with E-state index in [-0.39, 0.29) is 6.61 Å². The minimum Gasteiger partial charge on any atom is -0.388 e. The Bertz CT molecular complexity index is 511. The van der Waals surface area contributed by atoms with Gasteiger partial charge in [0, 0.05) is 12.1 Å². The summed E-state index contributed by atoms with van der Waals surface area (Å²) in [6.45, 7) is 6.84. The molecule has 0 saturated carbocycles. The fourth-order valence-electron chi connectivity index (χ4n) is 2.14. The SMILES string of the molecule is CCn1c(CO)nnc1-c1c(C)cccc1C. The summed E-state index contributed by atoms with van der Waals surface area (Å²) >= 11 is 0. The van der Waals surface area contributed by atoms with Gasteiger partial charge in [0.25, 0.3) is 0 Å². The first kappa shape index (κ1) is 11.8. The summed E-state index contributed by atoms with van der Waals surface area (Å²) in [6, 6.07) is 6.17. The van der Waals surface area contributed by atoms with Crippen LogP contribution in [-0.4, -0.2) is 19.9 Å². The highest BCUT2D eigenvalue weighted by molar-refractivity contribution is 5.64. The largest absolute Gasteiger partial charge is 0.388 e. The average Bonchev–Trinajstić information content (AvgIpc) is 2.71. The molecule has 0 radical (unpaired) electrons. The fraction of sp³-hybridized carbons (Fsp3) is 0.385. The van der Waals surface area contributed by atoms with Crippen molar-refractivity contribution in [2.24, 2.45) is 0 Å². The smallest absolute Gasteiger partial charge is 0.164 e. The lowest BCUT2D eigenvalue weighted by molar-refractivity contribution is 0.265. The van der Waals surface area contributed by atoms with Crippen molar-refractivity contribution >= 4 is 0 Å². The molecule has 4 nitrogen and oxygen atoms in total. The molecule has 0 atom stereocenters. The Balaban J connectivity index is 2.64. The van der Waals surface area contributed by atoms with E-state index in [1.165, 1.54) is 11.1 Å². The van der Waals surface area contributed by atoms with Crippen LogP contribution < -0.4 is 0 Å². The van der Waals surface area contributed by atoms with Crippen LogP contribution in [0.1, 0.15) is 23.9 Å². The Kier molecular flexibility index (Phi) is 3.24. The van der Waals surface area contributed by atoms with Gasteiger partial charge in [0.1, 0.15) is 6.61 Å². The molecular weight excluding hydrogens is 214 g/mol. The molecule has 0 fully saturated rings. The molecule has 0 aliphatic rings. The van der Waals surface area contributed by atoms with Crippen molar-refractivity contribution in [3.63, 3.8) is 0 Å². The second-order valence-electron chi connectivity index (χ2n) is 4.11. The molecule has 0 bridgehead atoms. The van der Waals surface area contributed by atoms with Crippen LogP contribution in [-0.2, 0) is 13.2 Å². The van der Waals surface area contributed by atoms with Crippen LogP contribution in [0.25, 0.3) is 11.4 Å². The van der Waals surface area contributed by atoms with E-state index in [2.05, 4.69) is 36.2 Å². The number of aromatic nitrogens is 3. The summed E-state index contributed by atoms with van der Waals surface area (Å²) in [5, 5.41) is 17.5. The third-order valence-corrected chi connectivity index (χ3v) is 2.99. The molecule has 17 heavy (non-hydrogen) atoms. The van der Waals surface area contributed by atoms with E-state index in [4.69, 9.17) is 0 Å². The van der Waals surface area contributed by atoms with Gasteiger partial charge in [-0.15, -0.1) is 10.2 Å². The van der Waals surface area contributed by atoms with Crippen molar-refractivity contribution in [2.45, 2.75) is 33.9 Å². The number of hydrogen-bond donors (Lipinski definition) is 1. The Morgan fingerprint density at radius 2 is 1.82 bits per heavy atom. The zero-order valence-electron chi connectivity index (χ0n) is 10.4. The topological polar surface area (TPSA) is 50.9 Å². The van der Waals surface area contributed by atoms with E-state index in [9.17, 15) is 5.11 Å². The standard InChI is InChI=1S/C13H17N3O/c1-4-16-11(8-17)14-15-13(16)12-9(2)6-5-7-10(12)3/h5-7,17H,4,8H2,1-3H3. The normalized spacial score (nSPS) is 10.8. The van der Waals surface area contributed by atoms with Gasteiger partial charge >= 0.3 is 0 Å². The molecule has 0 unspecified atom stereocenters. The predicted octanol–water partition coefficient (Wildman–Crippen LogP) is 2.07. The molecule has 0 aliphatic heterocycles. The molecule has 0 amide bonds. The summed E-state index contributed by atoms with van der Waals surface area (Å²) in [6.07, 6.45) is 0. The predicted molar refractivity (Wildman–Crippen MR) is 66.5 cm³/mol. The van der Waals surface area contributed by atoms with E-state index < -0.39 is 0 Å². The molecular formula is C13H17N3O. The van der Waals surface area contributed by atoms with Crippen LogP contribution in [0.15, 0.2) is 18.2 Å². The highest BCUT2D eigenvalue weighted by Crippen LogP contribution is 2.26. The maximum Gasteiger partial charge on any atom is 0.164 e. The van der Waals surface area contributed by atoms with Crippen LogP contribution in [0, 0.1) is 13.8 Å². The molecule has 90 valence electrons. The number of aryl methyl sites for hydroxylation is 2. The highest BCUT2D eigenvalue weighted by Gasteiger charge is 2.15. The van der Waals surface area contributed by atoms with Gasteiger partial charge in [-0.25, -0.2) is 0 Å². The molecule has 1 aromatic heterocycles. The summed E-state index contributed by atoms with van der Waals surface area (Å²) in [5.41, 5.74) is 3.47. The van der Waals surface area contributed by atoms with Gasteiger partial charge in [0.05, 0.1) is 0 Å². The van der Waals surface area contributed by atoms with Crippen molar-refractivity contribution in [3.8, 4) is 11.4 Å². The Hall–Kier alpha value is -1.68. The first-order valence-electron chi connectivity index (χ1n) is 5.78. The summed E-state index contributed by atoms with van der Waals surface area (Å²) in [5.74, 6) is 1.46. The molecule has 4 heteroatoms. The fourth-order valence-corrected chi connectivity index (χ4v) is 2.14. The molecule has 1 heterocycles. The Morgan fingerprint density at radius 3 is 2.35 bits per heavy atom. The quantitative estimate of drug-likeness (QED) is 0.879. The number of aliphatic hydroxyl groups is 1. The third-order valence-electron chi connectivity index (χ3n) is 2.99. The van der Waals surface area contributed by atoms with Crippen LogP contribution in [0.2, 0.25) is 0 Å². The second kappa shape index (κ2) is 4.67. The van der Waals surface area contributed by atoms with Crippen LogP contribution in [0.3, 0.4) is 0 Å². The van der Waals surface area contributed by atoms with Crippen molar-refractivity contribution in [1.29, 1.82) is 0 Å². The zero-order valence-corrected chi connectivity index (χ0v) is 10.4. The lowest BCUT2D eigenvalue weighted by Crippen LogP contribution is -2.04. The monoisotopic (exact) mass is 231 g/mol. The lowest BCUT2D eigenvalue weighted by Gasteiger charge is -2.11. The van der Waals surface area contributed by atoms with Crippen molar-refractivity contribution < 1.29 is 5.11 Å². The van der Waals surface area contributed by atoms with Crippen molar-refractivity contribution in [2.75, 3.05) is 0 Å². The van der Waals surface area contributed by atoms with Gasteiger partial charge in [-0.2, -0.15) is 0 Å². The van der Waals surface area contributed by atoms with Crippen LogP contribution in [0.4, 0.5) is 0 Å². The maximum atomic E-state index is 9.23. The van der Waals surface area contributed by atoms with E-state index in [1.807, 2.05) is 17.6 Å². The zero-order chi connectivity index (χ0) is 12.4. The minimum absolute atomic E-state index is 0.0776. The molecule has 2 rings (SSSR count). The van der Waals surface area contributed by atoms with Crippen molar-refractivity contribution in [3.05, 3.63) is 35.2 Å². The van der Waals surface area contributed by atoms with E-state index in [1.54, 1.807) is 0 Å². The second-order valence-corrected chi connectivity index (χ2v) is 4.11. The highest BCUT2D eigenvalue weighted by atomic mass is 16.3. The maximum absolute atomic E-state index is 9.23. The van der Waals surface area contributed by atoms with Crippen molar-refractivity contribution in [1.82, 2.24) is 14.8 Å². The molecule has 0 saturated heterocycles. The number of hydrogen-bond acceptors (Lipinski definition) is 3. The molecule has 0 aliphatic carbocycles. The number of benzene rings is 1. The first-order chi connectivity index (χ1) is 8.19. The average molecular weight is 231 g/mol. The van der Waals surface area contributed by atoms with Crippen LogP contribution >= 0.6 is 0 Å².